The van der Waals surface area contributed by atoms with Gasteiger partial charge in [-0.05, 0) is 13.8 Å². The topological polar surface area (TPSA) is 35.5 Å². The van der Waals surface area contributed by atoms with Gasteiger partial charge in [-0.25, -0.2) is 0 Å². The molecule has 0 aliphatic carbocycles. The van der Waals surface area contributed by atoms with Crippen LogP contribution in [-0.2, 0) is 14.3 Å². The second kappa shape index (κ2) is 8.27. The SMILES string of the molecule is CCO/[13CH]=C/C(=O)C[13CH2]OCC. The molecule has 0 aromatic carbocycles. The highest BCUT2D eigenvalue weighted by molar-refractivity contribution is 5.89. The quantitative estimate of drug-likeness (QED) is 0.254. The van der Waals surface area contributed by atoms with E-state index in [2.05, 4.69) is 0 Å². The van der Waals surface area contributed by atoms with Crippen LogP contribution < -0.4 is 0 Å². The van der Waals surface area contributed by atoms with Gasteiger partial charge < -0.3 is 9.47 Å². The van der Waals surface area contributed by atoms with E-state index in [-0.39, 0.29) is 5.78 Å². The molecule has 3 heteroatoms. The molecule has 0 rings (SSSR count). The Hall–Kier alpha value is -0.830. The van der Waals surface area contributed by atoms with E-state index in [1.807, 2.05) is 13.8 Å². The van der Waals surface area contributed by atoms with Gasteiger partial charge in [0.25, 0.3) is 0 Å². The molecule has 0 heterocycles. The highest BCUT2D eigenvalue weighted by atomic mass is 16.5. The molecule has 0 radical (unpaired) electrons. The van der Waals surface area contributed by atoms with Crippen molar-refractivity contribution in [3.8, 4) is 0 Å². The van der Waals surface area contributed by atoms with Crippen LogP contribution in [0.5, 0.6) is 0 Å². The fraction of sp³-hybridized carbons (Fsp3) is 0.667. The van der Waals surface area contributed by atoms with Gasteiger partial charge in [0.05, 0.1) is 19.5 Å². The maximum absolute atomic E-state index is 10.9. The lowest BCUT2D eigenvalue weighted by atomic mass is 10.4. The fourth-order valence-corrected chi connectivity index (χ4v) is 0.621. The van der Waals surface area contributed by atoms with Crippen molar-refractivity contribution in [1.29, 1.82) is 0 Å². The molecule has 0 unspecified atom stereocenters. The molecule has 0 atom stereocenters. The standard InChI is InChI=1S/C9H16O3/c1-3-11-7-5-9(10)6-8-12-4-2/h5,7H,3-4,6,8H2,1-2H3/b7-5+/i7+1,8+1. The van der Waals surface area contributed by atoms with E-state index in [9.17, 15) is 4.79 Å². The molecule has 0 bridgehead atoms. The third-order valence-electron chi connectivity index (χ3n) is 1.21. The molecular formula is C9H16O3. The van der Waals surface area contributed by atoms with Gasteiger partial charge in [0.15, 0.2) is 5.78 Å². The van der Waals surface area contributed by atoms with Crippen LogP contribution in [0.15, 0.2) is 12.3 Å². The number of ketones is 1. The molecule has 0 spiro atoms. The molecule has 12 heavy (non-hydrogen) atoms. The lowest BCUT2D eigenvalue weighted by molar-refractivity contribution is -0.115. The van der Waals surface area contributed by atoms with Crippen molar-refractivity contribution in [1.82, 2.24) is 0 Å². The van der Waals surface area contributed by atoms with E-state index in [0.717, 1.165) is 0 Å². The molecule has 0 aromatic rings. The molecule has 0 aliphatic rings. The molecule has 0 amide bonds. The van der Waals surface area contributed by atoms with Crippen LogP contribution in [-0.4, -0.2) is 25.6 Å². The molecular weight excluding hydrogens is 158 g/mol. The molecule has 0 aliphatic heterocycles. The summed E-state index contributed by atoms with van der Waals surface area (Å²) in [5.74, 6) is 0.0388. The van der Waals surface area contributed by atoms with Crippen LogP contribution in [0.4, 0.5) is 0 Å². The number of carbonyl (C=O) groups is 1. The number of rotatable bonds is 7. The Bertz CT molecular complexity index is 141. The van der Waals surface area contributed by atoms with Gasteiger partial charge in [0.2, 0.25) is 0 Å². The molecule has 0 N–H and O–H groups in total. The van der Waals surface area contributed by atoms with Gasteiger partial charge in [-0.15, -0.1) is 0 Å². The summed E-state index contributed by atoms with van der Waals surface area (Å²) in [6.07, 6.45) is 3.29. The Morgan fingerprint density at radius 3 is 2.67 bits per heavy atom. The normalized spacial score (nSPS) is 10.5. The highest BCUT2D eigenvalue weighted by Crippen LogP contribution is 1.88. The van der Waals surface area contributed by atoms with Crippen molar-refractivity contribution >= 4 is 5.78 Å². The second-order valence-electron chi connectivity index (χ2n) is 2.17. The van der Waals surface area contributed by atoms with Gasteiger partial charge in [-0.2, -0.15) is 0 Å². The van der Waals surface area contributed by atoms with E-state index >= 15 is 0 Å². The van der Waals surface area contributed by atoms with E-state index in [1.165, 1.54) is 12.3 Å². The average Bonchev–Trinajstić information content (AvgIpc) is 2.06. The van der Waals surface area contributed by atoms with Crippen molar-refractivity contribution in [2.45, 2.75) is 20.3 Å². The van der Waals surface area contributed by atoms with Gasteiger partial charge in [-0.1, -0.05) is 0 Å². The summed E-state index contributed by atoms with van der Waals surface area (Å²) < 4.78 is 9.88. The summed E-state index contributed by atoms with van der Waals surface area (Å²) in [4.78, 5) is 10.9. The molecule has 70 valence electrons. The Kier molecular flexibility index (Phi) is 7.70. The number of allylic oxidation sites excluding steroid dienone is 1. The zero-order chi connectivity index (χ0) is 9.23. The van der Waals surface area contributed by atoms with Crippen molar-refractivity contribution in [2.75, 3.05) is 19.8 Å². The monoisotopic (exact) mass is 174 g/mol. The predicted molar refractivity (Wildman–Crippen MR) is 46.9 cm³/mol. The third kappa shape index (κ3) is 7.28. The van der Waals surface area contributed by atoms with Crippen molar-refractivity contribution < 1.29 is 14.3 Å². The van der Waals surface area contributed by atoms with Gasteiger partial charge in [0.1, 0.15) is 0 Å². The number of hydrogen-bond donors (Lipinski definition) is 0. The maximum atomic E-state index is 10.9. The van der Waals surface area contributed by atoms with Crippen molar-refractivity contribution in [3.63, 3.8) is 0 Å². The first kappa shape index (κ1) is 11.2. The van der Waals surface area contributed by atoms with Crippen LogP contribution in [0, 0.1) is 0 Å². The van der Waals surface area contributed by atoms with Gasteiger partial charge >= 0.3 is 0 Å². The largest absolute Gasteiger partial charge is 0.501 e. The fourth-order valence-electron chi connectivity index (χ4n) is 0.621. The summed E-state index contributed by atoms with van der Waals surface area (Å²) in [5, 5.41) is 0. The summed E-state index contributed by atoms with van der Waals surface area (Å²) in [7, 11) is 0. The number of ether oxygens (including phenoxy) is 2. The first-order valence-corrected chi connectivity index (χ1v) is 4.20. The highest BCUT2D eigenvalue weighted by Gasteiger charge is 1.94. The van der Waals surface area contributed by atoms with E-state index in [1.54, 1.807) is 0 Å². The van der Waals surface area contributed by atoms with E-state index < -0.39 is 0 Å². The molecule has 3 nitrogen and oxygen atoms in total. The lowest BCUT2D eigenvalue weighted by Crippen LogP contribution is -2.01. The molecule has 0 fully saturated rings. The molecule has 0 saturated carbocycles. The number of hydrogen-bond acceptors (Lipinski definition) is 3. The zero-order valence-corrected chi connectivity index (χ0v) is 7.71. The van der Waals surface area contributed by atoms with Crippen LogP contribution in [0.1, 0.15) is 20.3 Å². The van der Waals surface area contributed by atoms with Gasteiger partial charge in [-0.3, -0.25) is 4.79 Å². The minimum absolute atomic E-state index is 0.0388. The predicted octanol–water partition coefficient (Wildman–Crippen LogP) is 1.53. The average molecular weight is 174 g/mol. The van der Waals surface area contributed by atoms with Crippen LogP contribution in [0.25, 0.3) is 0 Å². The summed E-state index contributed by atoms with van der Waals surface area (Å²) in [6.45, 7) is 5.51. The lowest BCUT2D eigenvalue weighted by Gasteiger charge is -1.96. The van der Waals surface area contributed by atoms with Crippen LogP contribution in [0.2, 0.25) is 0 Å². The summed E-state index contributed by atoms with van der Waals surface area (Å²) >= 11 is 0. The Morgan fingerprint density at radius 1 is 1.33 bits per heavy atom. The smallest absolute Gasteiger partial charge is 0.161 e. The van der Waals surface area contributed by atoms with Crippen LogP contribution >= 0.6 is 0 Å². The first-order chi connectivity index (χ1) is 5.81. The zero-order valence-electron chi connectivity index (χ0n) is 7.71. The minimum Gasteiger partial charge on any atom is -0.501 e. The summed E-state index contributed by atoms with van der Waals surface area (Å²) in [5.41, 5.74) is 0. The second-order valence-corrected chi connectivity index (χ2v) is 2.17. The third-order valence-corrected chi connectivity index (χ3v) is 1.21. The number of carbonyl (C=O) groups excluding carboxylic acids is 1. The van der Waals surface area contributed by atoms with Crippen molar-refractivity contribution in [2.24, 2.45) is 0 Å². The molecule has 0 saturated heterocycles. The first-order valence-electron chi connectivity index (χ1n) is 4.20. The Morgan fingerprint density at radius 2 is 2.08 bits per heavy atom. The van der Waals surface area contributed by atoms with E-state index in [0.29, 0.717) is 26.2 Å². The Labute approximate surface area is 73.4 Å². The van der Waals surface area contributed by atoms with Crippen molar-refractivity contribution in [3.05, 3.63) is 12.3 Å². The summed E-state index contributed by atoms with van der Waals surface area (Å²) in [6, 6.07) is 0. The van der Waals surface area contributed by atoms with Gasteiger partial charge in [0, 0.05) is 19.1 Å². The maximum Gasteiger partial charge on any atom is 0.161 e. The Balaban J connectivity index is 3.33. The minimum atomic E-state index is 0.0388. The van der Waals surface area contributed by atoms with E-state index in [4.69, 9.17) is 9.47 Å². The van der Waals surface area contributed by atoms with Crippen LogP contribution in [0.3, 0.4) is 0 Å². The molecule has 0 aromatic heterocycles.